The van der Waals surface area contributed by atoms with Gasteiger partial charge in [0.1, 0.15) is 12.4 Å². The average Bonchev–Trinajstić information content (AvgIpc) is 2.85. The van der Waals surface area contributed by atoms with Gasteiger partial charge in [-0.05, 0) is 72.9 Å². The van der Waals surface area contributed by atoms with Crippen molar-refractivity contribution in [2.24, 2.45) is 0 Å². The van der Waals surface area contributed by atoms with Gasteiger partial charge in [0.05, 0.1) is 25.2 Å². The number of carbonyl (C=O) groups excluding carboxylic acids is 1. The lowest BCUT2D eigenvalue weighted by molar-refractivity contribution is -0.384. The Kier molecular flexibility index (Phi) is 6.91. The molecule has 182 valence electrons. The van der Waals surface area contributed by atoms with Crippen LogP contribution in [-0.4, -0.2) is 43.1 Å². The molecule has 0 fully saturated rings. The van der Waals surface area contributed by atoms with Gasteiger partial charge in [-0.3, -0.25) is 14.9 Å². The van der Waals surface area contributed by atoms with Crippen molar-refractivity contribution in [2.45, 2.75) is 26.3 Å². The minimum Gasteiger partial charge on any atom is -0.493 e. The van der Waals surface area contributed by atoms with Crippen LogP contribution in [0.25, 0.3) is 0 Å². The number of carbonyl (C=O) groups is 1. The fraction of sp³-hybridized carbons (Fsp3) is 0.296. The van der Waals surface area contributed by atoms with Gasteiger partial charge in [0, 0.05) is 24.2 Å². The van der Waals surface area contributed by atoms with Gasteiger partial charge in [0.25, 0.3) is 11.6 Å². The summed E-state index contributed by atoms with van der Waals surface area (Å²) in [7, 11) is 3.16. The number of ether oxygens (including phenoxy) is 3. The second kappa shape index (κ2) is 10.0. The van der Waals surface area contributed by atoms with Gasteiger partial charge in [-0.25, -0.2) is 0 Å². The molecule has 0 unspecified atom stereocenters. The van der Waals surface area contributed by atoms with E-state index in [0.29, 0.717) is 24.5 Å². The highest BCUT2D eigenvalue weighted by Gasteiger charge is 2.34. The minimum absolute atomic E-state index is 0.122. The van der Waals surface area contributed by atoms with Gasteiger partial charge in [0.2, 0.25) is 0 Å². The van der Waals surface area contributed by atoms with E-state index in [9.17, 15) is 14.9 Å². The van der Waals surface area contributed by atoms with Crippen molar-refractivity contribution in [1.82, 2.24) is 4.90 Å². The van der Waals surface area contributed by atoms with E-state index in [1.165, 1.54) is 18.2 Å². The second-order valence-corrected chi connectivity index (χ2v) is 8.61. The number of hydrogen-bond acceptors (Lipinski definition) is 6. The maximum absolute atomic E-state index is 13.6. The summed E-state index contributed by atoms with van der Waals surface area (Å²) in [6.07, 6.45) is 0.608. The molecule has 1 aliphatic heterocycles. The third kappa shape index (κ3) is 5.06. The molecule has 8 heteroatoms. The normalized spacial score (nSPS) is 14.7. The molecule has 3 aromatic rings. The molecule has 4 rings (SSSR count). The number of nitro groups is 1. The molecule has 0 bridgehead atoms. The molecule has 8 nitrogen and oxygen atoms in total. The third-order valence-corrected chi connectivity index (χ3v) is 6.17. The summed E-state index contributed by atoms with van der Waals surface area (Å²) in [4.78, 5) is 26.1. The summed E-state index contributed by atoms with van der Waals surface area (Å²) in [5.41, 5.74) is 4.25. The predicted octanol–water partition coefficient (Wildman–Crippen LogP) is 5.05. The molecule has 0 aliphatic carbocycles. The molecule has 0 aromatic heterocycles. The molecule has 1 atom stereocenters. The lowest BCUT2D eigenvalue weighted by Gasteiger charge is -2.37. The van der Waals surface area contributed by atoms with Crippen LogP contribution in [0.15, 0.2) is 54.6 Å². The lowest BCUT2D eigenvalue weighted by Crippen LogP contribution is -2.42. The standard InChI is InChI=1S/C27H28N2O6/c1-17-10-18(2)12-22(11-17)35-16-24-23-15-26(34-4)25(33-3)14-19(23)8-9-28(24)27(30)20-6-5-7-21(13-20)29(31)32/h5-7,10-15,24H,8-9,16H2,1-4H3/t24-/m1/s1. The van der Waals surface area contributed by atoms with Crippen LogP contribution < -0.4 is 14.2 Å². The van der Waals surface area contributed by atoms with Gasteiger partial charge >= 0.3 is 0 Å². The number of rotatable bonds is 7. The number of benzene rings is 3. The summed E-state index contributed by atoms with van der Waals surface area (Å²) in [6, 6.07) is 15.2. The summed E-state index contributed by atoms with van der Waals surface area (Å²) in [5.74, 6) is 1.62. The molecule has 0 N–H and O–H groups in total. The van der Waals surface area contributed by atoms with Crippen LogP contribution in [0.5, 0.6) is 17.2 Å². The summed E-state index contributed by atoms with van der Waals surface area (Å²) >= 11 is 0. The van der Waals surface area contributed by atoms with Crippen molar-refractivity contribution in [3.8, 4) is 17.2 Å². The first-order chi connectivity index (χ1) is 16.8. The highest BCUT2D eigenvalue weighted by molar-refractivity contribution is 5.95. The number of aryl methyl sites for hydroxylation is 2. The zero-order chi connectivity index (χ0) is 25.1. The molecule has 1 amide bonds. The topological polar surface area (TPSA) is 91.1 Å². The zero-order valence-corrected chi connectivity index (χ0v) is 20.2. The summed E-state index contributed by atoms with van der Waals surface area (Å²) in [6.45, 7) is 4.66. The Morgan fingerprint density at radius 2 is 1.71 bits per heavy atom. The molecule has 35 heavy (non-hydrogen) atoms. The molecule has 0 saturated heterocycles. The number of fused-ring (bicyclic) bond motifs is 1. The van der Waals surface area contributed by atoms with Crippen LogP contribution in [-0.2, 0) is 6.42 Å². The fourth-order valence-electron chi connectivity index (χ4n) is 4.56. The molecule has 0 spiro atoms. The van der Waals surface area contributed by atoms with E-state index in [2.05, 4.69) is 6.07 Å². The number of hydrogen-bond donors (Lipinski definition) is 0. The Balaban J connectivity index is 1.73. The van der Waals surface area contributed by atoms with E-state index in [4.69, 9.17) is 14.2 Å². The number of methoxy groups -OCH3 is 2. The van der Waals surface area contributed by atoms with Gasteiger partial charge in [-0.2, -0.15) is 0 Å². The number of amides is 1. The van der Waals surface area contributed by atoms with Gasteiger partial charge < -0.3 is 19.1 Å². The monoisotopic (exact) mass is 476 g/mol. The highest BCUT2D eigenvalue weighted by Crippen LogP contribution is 2.39. The summed E-state index contributed by atoms with van der Waals surface area (Å²) in [5, 5.41) is 11.3. The van der Waals surface area contributed by atoms with Crippen molar-refractivity contribution in [3.63, 3.8) is 0 Å². The van der Waals surface area contributed by atoms with Crippen LogP contribution in [0.3, 0.4) is 0 Å². The first-order valence-corrected chi connectivity index (χ1v) is 11.3. The maximum Gasteiger partial charge on any atom is 0.270 e. The molecular formula is C27H28N2O6. The van der Waals surface area contributed by atoms with Crippen LogP contribution in [0.1, 0.15) is 38.7 Å². The van der Waals surface area contributed by atoms with E-state index in [0.717, 1.165) is 28.0 Å². The Labute approximate surface area is 204 Å². The van der Waals surface area contributed by atoms with Gasteiger partial charge in [-0.15, -0.1) is 0 Å². The molecule has 3 aromatic carbocycles. The van der Waals surface area contributed by atoms with Crippen molar-refractivity contribution < 1.29 is 23.9 Å². The Hall–Kier alpha value is -4.07. The SMILES string of the molecule is COc1cc2c(cc1OC)[C@@H](COc1cc(C)cc(C)c1)N(C(=O)c1cccc([N+](=O)[O-])c1)CC2. The summed E-state index contributed by atoms with van der Waals surface area (Å²) < 4.78 is 17.2. The van der Waals surface area contributed by atoms with Crippen molar-refractivity contribution in [1.29, 1.82) is 0 Å². The quantitative estimate of drug-likeness (QED) is 0.350. The van der Waals surface area contributed by atoms with Crippen molar-refractivity contribution >= 4 is 11.6 Å². The number of nitro benzene ring substituents is 1. The zero-order valence-electron chi connectivity index (χ0n) is 20.2. The van der Waals surface area contributed by atoms with Gasteiger partial charge in [-0.1, -0.05) is 12.1 Å². The van der Waals surface area contributed by atoms with Crippen LogP contribution in [0, 0.1) is 24.0 Å². The maximum atomic E-state index is 13.6. The average molecular weight is 477 g/mol. The second-order valence-electron chi connectivity index (χ2n) is 8.61. The Bertz CT molecular complexity index is 1250. The van der Waals surface area contributed by atoms with Crippen molar-refractivity contribution in [3.05, 3.63) is 92.5 Å². The third-order valence-electron chi connectivity index (χ3n) is 6.17. The largest absolute Gasteiger partial charge is 0.493 e. The highest BCUT2D eigenvalue weighted by atomic mass is 16.6. The van der Waals surface area contributed by atoms with E-state index < -0.39 is 11.0 Å². The Morgan fingerprint density at radius 1 is 1.03 bits per heavy atom. The predicted molar refractivity (Wildman–Crippen MR) is 132 cm³/mol. The number of nitrogens with zero attached hydrogens (tertiary/aromatic N) is 2. The first-order valence-electron chi connectivity index (χ1n) is 11.3. The lowest BCUT2D eigenvalue weighted by atomic mass is 9.91. The van der Waals surface area contributed by atoms with E-state index in [1.807, 2.05) is 38.1 Å². The number of non-ortho nitro benzene ring substituents is 1. The molecule has 1 aliphatic rings. The van der Waals surface area contributed by atoms with E-state index in [-0.39, 0.29) is 23.8 Å². The first kappa shape index (κ1) is 24.1. The molecule has 0 radical (unpaired) electrons. The van der Waals surface area contributed by atoms with Crippen LogP contribution in [0.2, 0.25) is 0 Å². The van der Waals surface area contributed by atoms with Gasteiger partial charge in [0.15, 0.2) is 11.5 Å². The van der Waals surface area contributed by atoms with E-state index in [1.54, 1.807) is 25.2 Å². The Morgan fingerprint density at radius 3 is 2.37 bits per heavy atom. The van der Waals surface area contributed by atoms with Crippen LogP contribution >= 0.6 is 0 Å². The fourth-order valence-corrected chi connectivity index (χ4v) is 4.56. The van der Waals surface area contributed by atoms with Crippen LogP contribution in [0.4, 0.5) is 5.69 Å². The minimum atomic E-state index is -0.500. The smallest absolute Gasteiger partial charge is 0.270 e. The molecule has 0 saturated carbocycles. The molecular weight excluding hydrogens is 448 g/mol. The molecule has 1 heterocycles. The van der Waals surface area contributed by atoms with E-state index >= 15 is 0 Å². The van der Waals surface area contributed by atoms with Crippen molar-refractivity contribution in [2.75, 3.05) is 27.4 Å².